The lowest BCUT2D eigenvalue weighted by Crippen LogP contribution is -2.13. The fourth-order valence-corrected chi connectivity index (χ4v) is 4.38. The summed E-state index contributed by atoms with van der Waals surface area (Å²) in [6, 6.07) is 24.5. The predicted molar refractivity (Wildman–Crippen MR) is 134 cm³/mol. The van der Waals surface area contributed by atoms with Gasteiger partial charge in [-0.3, -0.25) is 10.1 Å². The summed E-state index contributed by atoms with van der Waals surface area (Å²) in [5, 5.41) is 6.81. The van der Waals surface area contributed by atoms with Crippen LogP contribution in [0.15, 0.2) is 84.2 Å². The molecule has 5 rings (SSSR count). The number of rotatable bonds is 5. The summed E-state index contributed by atoms with van der Waals surface area (Å²) in [6.45, 7) is 0. The van der Waals surface area contributed by atoms with E-state index in [9.17, 15) is 4.79 Å². The number of ether oxygens (including phenoxy) is 1. The van der Waals surface area contributed by atoms with E-state index >= 15 is 0 Å². The van der Waals surface area contributed by atoms with Gasteiger partial charge in [-0.05, 0) is 36.4 Å². The lowest BCUT2D eigenvalue weighted by atomic mass is 10.0. The van der Waals surface area contributed by atoms with Crippen molar-refractivity contribution >= 4 is 44.9 Å². The van der Waals surface area contributed by atoms with E-state index in [0.29, 0.717) is 21.4 Å². The number of pyridine rings is 1. The first-order chi connectivity index (χ1) is 16.1. The molecule has 0 aliphatic rings. The number of para-hydroxylation sites is 1. The number of carbonyl (C=O) groups is 1. The van der Waals surface area contributed by atoms with Gasteiger partial charge < -0.3 is 4.74 Å². The molecule has 0 atom stereocenters. The van der Waals surface area contributed by atoms with Crippen LogP contribution >= 0.6 is 22.9 Å². The lowest BCUT2D eigenvalue weighted by Gasteiger charge is -2.10. The Hall–Kier alpha value is -3.74. The van der Waals surface area contributed by atoms with Crippen LogP contribution in [-0.4, -0.2) is 23.0 Å². The number of thiazole rings is 1. The van der Waals surface area contributed by atoms with Crippen LogP contribution < -0.4 is 10.1 Å². The number of halogens is 1. The van der Waals surface area contributed by atoms with Gasteiger partial charge in [-0.1, -0.05) is 54.1 Å². The van der Waals surface area contributed by atoms with E-state index in [-0.39, 0.29) is 5.91 Å². The van der Waals surface area contributed by atoms with Crippen molar-refractivity contribution in [3.05, 3.63) is 94.8 Å². The van der Waals surface area contributed by atoms with E-state index in [4.69, 9.17) is 21.3 Å². The Balaban J connectivity index is 1.50. The molecule has 0 aliphatic carbocycles. The van der Waals surface area contributed by atoms with Crippen LogP contribution in [0.3, 0.4) is 0 Å². The zero-order chi connectivity index (χ0) is 22.8. The summed E-state index contributed by atoms with van der Waals surface area (Å²) >= 11 is 7.35. The van der Waals surface area contributed by atoms with E-state index < -0.39 is 0 Å². The normalized spacial score (nSPS) is 10.8. The third-order valence-electron chi connectivity index (χ3n) is 5.19. The molecule has 0 saturated heterocycles. The van der Waals surface area contributed by atoms with Crippen LogP contribution in [-0.2, 0) is 0 Å². The average molecular weight is 472 g/mol. The lowest BCUT2D eigenvalue weighted by molar-refractivity contribution is 0.102. The molecule has 7 heteroatoms. The van der Waals surface area contributed by atoms with Gasteiger partial charge in [0.05, 0.1) is 29.6 Å². The van der Waals surface area contributed by atoms with Gasteiger partial charge in [-0.15, -0.1) is 11.3 Å². The Labute approximate surface area is 199 Å². The van der Waals surface area contributed by atoms with Crippen LogP contribution in [0.4, 0.5) is 5.13 Å². The number of carbonyl (C=O) groups excluding carboxylic acids is 1. The molecule has 1 amide bonds. The molecular weight excluding hydrogens is 454 g/mol. The van der Waals surface area contributed by atoms with E-state index in [0.717, 1.165) is 33.5 Å². The molecule has 2 heterocycles. The summed E-state index contributed by atoms with van der Waals surface area (Å²) < 4.78 is 5.34. The summed E-state index contributed by atoms with van der Waals surface area (Å²) in [5.41, 5.74) is 4.55. The van der Waals surface area contributed by atoms with Crippen molar-refractivity contribution in [2.24, 2.45) is 0 Å². The maximum absolute atomic E-state index is 13.3. The van der Waals surface area contributed by atoms with Crippen LogP contribution in [0.5, 0.6) is 5.75 Å². The van der Waals surface area contributed by atoms with Crippen LogP contribution in [0.1, 0.15) is 10.4 Å². The SMILES string of the molecule is COc1cccc(-c2cc(C(=O)Nc3nc(-c4ccc(Cl)cc4)cs3)c3ccccc3n2)c1. The number of methoxy groups -OCH3 is 1. The Bertz CT molecular complexity index is 1460. The maximum atomic E-state index is 13.3. The smallest absolute Gasteiger partial charge is 0.258 e. The fourth-order valence-electron chi connectivity index (χ4n) is 3.54. The molecule has 3 aromatic carbocycles. The topological polar surface area (TPSA) is 64.1 Å². The first-order valence-electron chi connectivity index (χ1n) is 10.2. The number of amides is 1. The van der Waals surface area contributed by atoms with Gasteiger partial charge >= 0.3 is 0 Å². The van der Waals surface area contributed by atoms with Gasteiger partial charge in [0.1, 0.15) is 5.75 Å². The number of nitrogens with zero attached hydrogens (tertiary/aromatic N) is 2. The van der Waals surface area contributed by atoms with Crippen molar-refractivity contribution in [3.63, 3.8) is 0 Å². The van der Waals surface area contributed by atoms with Crippen LogP contribution in [0.2, 0.25) is 5.02 Å². The molecule has 0 unspecified atom stereocenters. The maximum Gasteiger partial charge on any atom is 0.258 e. The Kier molecular flexibility index (Phi) is 5.77. The van der Waals surface area contributed by atoms with Gasteiger partial charge in [0.25, 0.3) is 5.91 Å². The molecule has 0 radical (unpaired) electrons. The molecule has 33 heavy (non-hydrogen) atoms. The molecule has 5 aromatic rings. The van der Waals surface area contributed by atoms with Crippen molar-refractivity contribution in [2.75, 3.05) is 12.4 Å². The van der Waals surface area contributed by atoms with Gasteiger partial charge in [0.15, 0.2) is 5.13 Å². The fraction of sp³-hybridized carbons (Fsp3) is 0.0385. The number of fused-ring (bicyclic) bond motifs is 1. The zero-order valence-electron chi connectivity index (χ0n) is 17.6. The van der Waals surface area contributed by atoms with Crippen LogP contribution in [0, 0.1) is 0 Å². The quantitative estimate of drug-likeness (QED) is 0.301. The number of benzene rings is 3. The standard InChI is InChI=1S/C26H18ClN3O2S/c1-32-19-6-4-5-17(13-19)23-14-21(20-7-2-3-8-22(20)28-23)25(31)30-26-29-24(15-33-26)16-9-11-18(27)12-10-16/h2-15H,1H3,(H,29,30,31). The highest BCUT2D eigenvalue weighted by Crippen LogP contribution is 2.29. The molecular formula is C26H18ClN3O2S. The Morgan fingerprint density at radius 1 is 0.909 bits per heavy atom. The molecule has 2 aromatic heterocycles. The number of hydrogen-bond acceptors (Lipinski definition) is 5. The minimum atomic E-state index is -0.241. The van der Waals surface area contributed by atoms with E-state index in [1.54, 1.807) is 13.2 Å². The van der Waals surface area contributed by atoms with Gasteiger partial charge in [0, 0.05) is 26.9 Å². The van der Waals surface area contributed by atoms with E-state index in [1.165, 1.54) is 11.3 Å². The zero-order valence-corrected chi connectivity index (χ0v) is 19.2. The van der Waals surface area contributed by atoms with Gasteiger partial charge in [-0.2, -0.15) is 0 Å². The highest BCUT2D eigenvalue weighted by molar-refractivity contribution is 7.14. The summed E-state index contributed by atoms with van der Waals surface area (Å²) in [6.07, 6.45) is 0. The van der Waals surface area contributed by atoms with Crippen molar-refractivity contribution in [2.45, 2.75) is 0 Å². The number of nitrogens with one attached hydrogen (secondary N) is 1. The number of aromatic nitrogens is 2. The first-order valence-corrected chi connectivity index (χ1v) is 11.4. The third-order valence-corrected chi connectivity index (χ3v) is 6.20. The molecule has 0 bridgehead atoms. The third kappa shape index (κ3) is 4.44. The average Bonchev–Trinajstić information content (AvgIpc) is 3.32. The molecule has 0 spiro atoms. The van der Waals surface area contributed by atoms with E-state index in [1.807, 2.05) is 78.2 Å². The molecule has 0 fully saturated rings. The largest absolute Gasteiger partial charge is 0.497 e. The highest BCUT2D eigenvalue weighted by Gasteiger charge is 2.16. The predicted octanol–water partition coefficient (Wildman–Crippen LogP) is 6.94. The highest BCUT2D eigenvalue weighted by atomic mass is 35.5. The monoisotopic (exact) mass is 471 g/mol. The Morgan fingerprint density at radius 3 is 2.55 bits per heavy atom. The van der Waals surface area contributed by atoms with Crippen molar-refractivity contribution in [1.29, 1.82) is 0 Å². The second-order valence-corrected chi connectivity index (χ2v) is 8.60. The second-order valence-electron chi connectivity index (χ2n) is 7.30. The van der Waals surface area contributed by atoms with Crippen molar-refractivity contribution in [3.8, 4) is 28.3 Å². The molecule has 0 aliphatic heterocycles. The van der Waals surface area contributed by atoms with Crippen LogP contribution in [0.25, 0.3) is 33.4 Å². The second kappa shape index (κ2) is 9.02. The molecule has 0 saturated carbocycles. The van der Waals surface area contributed by atoms with E-state index in [2.05, 4.69) is 10.3 Å². The Morgan fingerprint density at radius 2 is 1.73 bits per heavy atom. The van der Waals surface area contributed by atoms with Gasteiger partial charge in [0.2, 0.25) is 0 Å². The molecule has 162 valence electrons. The van der Waals surface area contributed by atoms with Gasteiger partial charge in [-0.25, -0.2) is 9.97 Å². The minimum Gasteiger partial charge on any atom is -0.497 e. The number of anilines is 1. The molecule has 5 nitrogen and oxygen atoms in total. The number of hydrogen-bond donors (Lipinski definition) is 1. The summed E-state index contributed by atoms with van der Waals surface area (Å²) in [4.78, 5) is 22.6. The first kappa shape index (κ1) is 21.1. The summed E-state index contributed by atoms with van der Waals surface area (Å²) in [7, 11) is 1.62. The summed E-state index contributed by atoms with van der Waals surface area (Å²) in [5.74, 6) is 0.487. The van der Waals surface area contributed by atoms with Crippen molar-refractivity contribution in [1.82, 2.24) is 9.97 Å². The molecule has 1 N–H and O–H groups in total. The van der Waals surface area contributed by atoms with Crippen molar-refractivity contribution < 1.29 is 9.53 Å². The minimum absolute atomic E-state index is 0.241.